The Morgan fingerprint density at radius 3 is 2.33 bits per heavy atom. The van der Waals surface area contributed by atoms with Gasteiger partial charge in [-0.15, -0.1) is 0 Å². The van der Waals surface area contributed by atoms with Gasteiger partial charge in [0.05, 0.1) is 13.2 Å². The van der Waals surface area contributed by atoms with E-state index in [0.29, 0.717) is 19.6 Å². The van der Waals surface area contributed by atoms with Gasteiger partial charge in [-0.05, 0) is 36.8 Å². The molecular formula is C21H26FN3O4S. The van der Waals surface area contributed by atoms with Gasteiger partial charge in [0.25, 0.3) is 0 Å². The predicted octanol–water partition coefficient (Wildman–Crippen LogP) is 1.85. The SMILES string of the molecule is COc1ccc(CNC(=O)C(C)N2CCN(S(=O)(=O)c3ccccc3F)CC2)cc1. The Labute approximate surface area is 176 Å². The highest BCUT2D eigenvalue weighted by Gasteiger charge is 2.33. The average Bonchev–Trinajstić information content (AvgIpc) is 2.77. The highest BCUT2D eigenvalue weighted by molar-refractivity contribution is 7.89. The third kappa shape index (κ3) is 4.97. The Bertz CT molecular complexity index is 974. The molecule has 1 fully saturated rings. The number of ether oxygens (including phenoxy) is 1. The van der Waals surface area contributed by atoms with Gasteiger partial charge in [-0.3, -0.25) is 9.69 Å². The molecule has 1 aliphatic rings. The number of nitrogens with one attached hydrogen (secondary N) is 1. The average molecular weight is 436 g/mol. The number of hydrogen-bond acceptors (Lipinski definition) is 5. The van der Waals surface area contributed by atoms with Gasteiger partial charge in [-0.2, -0.15) is 4.31 Å². The van der Waals surface area contributed by atoms with Gasteiger partial charge < -0.3 is 10.1 Å². The zero-order chi connectivity index (χ0) is 21.7. The molecule has 1 unspecified atom stereocenters. The van der Waals surface area contributed by atoms with Gasteiger partial charge in [0, 0.05) is 32.7 Å². The summed E-state index contributed by atoms with van der Waals surface area (Å²) in [6.45, 7) is 3.38. The van der Waals surface area contributed by atoms with Crippen LogP contribution in [0.4, 0.5) is 4.39 Å². The molecule has 0 saturated carbocycles. The van der Waals surface area contributed by atoms with Crippen LogP contribution in [0.3, 0.4) is 0 Å². The van der Waals surface area contributed by atoms with Crippen LogP contribution in [0.25, 0.3) is 0 Å². The number of sulfonamides is 1. The Kier molecular flexibility index (Phi) is 7.06. The maximum atomic E-state index is 13.9. The van der Waals surface area contributed by atoms with Gasteiger partial charge in [-0.25, -0.2) is 12.8 Å². The van der Waals surface area contributed by atoms with Crippen molar-refractivity contribution >= 4 is 15.9 Å². The number of nitrogens with zero attached hydrogens (tertiary/aromatic N) is 2. The van der Waals surface area contributed by atoms with Crippen molar-refractivity contribution in [2.45, 2.75) is 24.4 Å². The van der Waals surface area contributed by atoms with Crippen LogP contribution in [-0.4, -0.2) is 62.9 Å². The van der Waals surface area contributed by atoms with E-state index in [4.69, 9.17) is 4.74 Å². The van der Waals surface area contributed by atoms with Crippen molar-refractivity contribution in [2.75, 3.05) is 33.3 Å². The smallest absolute Gasteiger partial charge is 0.246 e. The van der Waals surface area contributed by atoms with Gasteiger partial charge >= 0.3 is 0 Å². The molecule has 162 valence electrons. The van der Waals surface area contributed by atoms with E-state index in [1.54, 1.807) is 14.0 Å². The maximum absolute atomic E-state index is 13.9. The Morgan fingerprint density at radius 1 is 1.10 bits per heavy atom. The number of rotatable bonds is 7. The fourth-order valence-electron chi connectivity index (χ4n) is 3.37. The topological polar surface area (TPSA) is 79.0 Å². The molecule has 0 radical (unpaired) electrons. The minimum absolute atomic E-state index is 0.128. The number of halogens is 1. The molecule has 0 aliphatic carbocycles. The molecule has 1 heterocycles. The summed E-state index contributed by atoms with van der Waals surface area (Å²) in [5.41, 5.74) is 0.956. The lowest BCUT2D eigenvalue weighted by Crippen LogP contribution is -2.54. The van der Waals surface area contributed by atoms with Gasteiger partial charge in [0.2, 0.25) is 15.9 Å². The molecule has 2 aromatic carbocycles. The van der Waals surface area contributed by atoms with Crippen LogP contribution in [0.15, 0.2) is 53.4 Å². The molecule has 0 aromatic heterocycles. The third-order valence-corrected chi connectivity index (χ3v) is 7.21. The zero-order valence-corrected chi connectivity index (χ0v) is 17.9. The van der Waals surface area contributed by atoms with Crippen molar-refractivity contribution in [3.05, 3.63) is 59.9 Å². The minimum atomic E-state index is -3.89. The van der Waals surface area contributed by atoms with Crippen molar-refractivity contribution in [1.29, 1.82) is 0 Å². The lowest BCUT2D eigenvalue weighted by atomic mass is 10.2. The molecule has 1 saturated heterocycles. The first-order valence-electron chi connectivity index (χ1n) is 9.72. The lowest BCUT2D eigenvalue weighted by Gasteiger charge is -2.36. The quantitative estimate of drug-likeness (QED) is 0.718. The summed E-state index contributed by atoms with van der Waals surface area (Å²) in [6, 6.07) is 12.4. The molecule has 0 bridgehead atoms. The lowest BCUT2D eigenvalue weighted by molar-refractivity contribution is -0.126. The second kappa shape index (κ2) is 9.55. The summed E-state index contributed by atoms with van der Waals surface area (Å²) < 4.78 is 45.7. The van der Waals surface area contributed by atoms with Crippen molar-refractivity contribution < 1.29 is 22.3 Å². The van der Waals surface area contributed by atoms with E-state index in [2.05, 4.69) is 5.32 Å². The van der Waals surface area contributed by atoms with Crippen LogP contribution in [0.2, 0.25) is 0 Å². The van der Waals surface area contributed by atoms with Crippen molar-refractivity contribution in [3.63, 3.8) is 0 Å². The van der Waals surface area contributed by atoms with Crippen molar-refractivity contribution in [1.82, 2.24) is 14.5 Å². The van der Waals surface area contributed by atoms with E-state index in [0.717, 1.165) is 17.4 Å². The number of carbonyl (C=O) groups is 1. The summed E-state index contributed by atoms with van der Waals surface area (Å²) >= 11 is 0. The van der Waals surface area contributed by atoms with E-state index < -0.39 is 21.9 Å². The summed E-state index contributed by atoms with van der Waals surface area (Å²) in [5.74, 6) is -0.135. The number of amides is 1. The van der Waals surface area contributed by atoms with Crippen molar-refractivity contribution in [3.8, 4) is 5.75 Å². The number of carbonyl (C=O) groups excluding carboxylic acids is 1. The molecule has 7 nitrogen and oxygen atoms in total. The summed E-state index contributed by atoms with van der Waals surface area (Å²) in [5, 5.41) is 2.91. The fourth-order valence-corrected chi connectivity index (χ4v) is 4.86. The molecule has 30 heavy (non-hydrogen) atoms. The largest absolute Gasteiger partial charge is 0.497 e. The zero-order valence-electron chi connectivity index (χ0n) is 17.0. The molecule has 1 aliphatic heterocycles. The van der Waals surface area contributed by atoms with Gasteiger partial charge in [-0.1, -0.05) is 24.3 Å². The normalized spacial score (nSPS) is 16.8. The van der Waals surface area contributed by atoms with Crippen molar-refractivity contribution in [2.24, 2.45) is 0 Å². The highest BCUT2D eigenvalue weighted by Crippen LogP contribution is 2.21. The maximum Gasteiger partial charge on any atom is 0.246 e. The Balaban J connectivity index is 1.53. The molecular weight excluding hydrogens is 409 g/mol. The summed E-state index contributed by atoms with van der Waals surface area (Å²) in [4.78, 5) is 14.1. The van der Waals surface area contributed by atoms with Crippen LogP contribution < -0.4 is 10.1 Å². The van der Waals surface area contributed by atoms with E-state index in [9.17, 15) is 17.6 Å². The van der Waals surface area contributed by atoms with Crippen LogP contribution in [-0.2, 0) is 21.4 Å². The van der Waals surface area contributed by atoms with Crippen LogP contribution in [0.1, 0.15) is 12.5 Å². The Morgan fingerprint density at radius 2 is 1.73 bits per heavy atom. The molecule has 2 aromatic rings. The number of methoxy groups -OCH3 is 1. The predicted molar refractivity (Wildman–Crippen MR) is 111 cm³/mol. The molecule has 1 atom stereocenters. The monoisotopic (exact) mass is 435 g/mol. The van der Waals surface area contributed by atoms with E-state index in [1.165, 1.54) is 22.5 Å². The van der Waals surface area contributed by atoms with Crippen LogP contribution in [0.5, 0.6) is 5.75 Å². The highest BCUT2D eigenvalue weighted by atomic mass is 32.2. The van der Waals surface area contributed by atoms with E-state index >= 15 is 0 Å². The number of benzene rings is 2. The standard InChI is InChI=1S/C21H26FN3O4S/c1-16(21(26)23-15-17-7-9-18(29-2)10-8-17)24-11-13-25(14-12-24)30(27,28)20-6-4-3-5-19(20)22/h3-10,16H,11-15H2,1-2H3,(H,23,26). The number of hydrogen-bond donors (Lipinski definition) is 1. The number of piperazine rings is 1. The van der Waals surface area contributed by atoms with Gasteiger partial charge in [0.1, 0.15) is 16.5 Å². The first-order chi connectivity index (χ1) is 14.3. The molecule has 3 rings (SSSR count). The van der Waals surface area contributed by atoms with Gasteiger partial charge in [0.15, 0.2) is 0 Å². The Hall–Kier alpha value is -2.49. The summed E-state index contributed by atoms with van der Waals surface area (Å²) in [7, 11) is -2.30. The minimum Gasteiger partial charge on any atom is -0.497 e. The van der Waals surface area contributed by atoms with E-state index in [-0.39, 0.29) is 23.9 Å². The second-order valence-electron chi connectivity index (χ2n) is 7.11. The van der Waals surface area contributed by atoms with Crippen LogP contribution in [0, 0.1) is 5.82 Å². The molecule has 0 spiro atoms. The van der Waals surface area contributed by atoms with E-state index in [1.807, 2.05) is 29.2 Å². The fraction of sp³-hybridized carbons (Fsp3) is 0.381. The second-order valence-corrected chi connectivity index (χ2v) is 9.02. The first kappa shape index (κ1) is 22.2. The molecule has 1 amide bonds. The first-order valence-corrected chi connectivity index (χ1v) is 11.2. The summed E-state index contributed by atoms with van der Waals surface area (Å²) in [6.07, 6.45) is 0. The molecule has 1 N–H and O–H groups in total. The van der Waals surface area contributed by atoms with Crippen LogP contribution >= 0.6 is 0 Å². The third-order valence-electron chi connectivity index (χ3n) is 5.28. The molecule has 9 heteroatoms.